The van der Waals surface area contributed by atoms with Gasteiger partial charge in [-0.2, -0.15) is 0 Å². The number of rotatable bonds is 5. The van der Waals surface area contributed by atoms with Crippen molar-refractivity contribution in [2.45, 2.75) is 26.2 Å². The molecular formula is C23H27N3O3S. The Bertz CT molecular complexity index is 1030. The second kappa shape index (κ2) is 7.89. The molecule has 0 saturated carbocycles. The molecular weight excluding hydrogens is 398 g/mol. The van der Waals surface area contributed by atoms with E-state index in [0.717, 1.165) is 22.5 Å². The van der Waals surface area contributed by atoms with Crippen LogP contribution in [0.5, 0.6) is 11.5 Å². The maximum Gasteiger partial charge on any atom is 0.260 e. The molecule has 0 unspecified atom stereocenters. The van der Waals surface area contributed by atoms with E-state index in [0.29, 0.717) is 23.0 Å². The molecule has 4 rings (SSSR count). The van der Waals surface area contributed by atoms with Crippen molar-refractivity contribution in [3.05, 3.63) is 47.5 Å². The Labute approximate surface area is 181 Å². The number of fused-ring (bicyclic) bond motifs is 2. The minimum Gasteiger partial charge on any atom is -0.454 e. The molecule has 1 aliphatic heterocycles. The molecule has 30 heavy (non-hydrogen) atoms. The van der Waals surface area contributed by atoms with Gasteiger partial charge in [0.15, 0.2) is 16.6 Å². The predicted molar refractivity (Wildman–Crippen MR) is 121 cm³/mol. The summed E-state index contributed by atoms with van der Waals surface area (Å²) >= 11 is 1.49. The minimum absolute atomic E-state index is 0.0450. The first-order valence-corrected chi connectivity index (χ1v) is 10.8. The SMILES string of the molecule is CN(C)CCN(C(=O)c1ccc(C(C)(C)C)cc1)c1nc2cc3c(cc2s1)OCO3. The van der Waals surface area contributed by atoms with Crippen molar-refractivity contribution in [1.29, 1.82) is 0 Å². The molecule has 0 fully saturated rings. The second-order valence-electron chi connectivity index (χ2n) is 8.76. The van der Waals surface area contributed by atoms with E-state index in [1.54, 1.807) is 4.90 Å². The number of hydrogen-bond acceptors (Lipinski definition) is 6. The number of anilines is 1. The molecule has 2 aromatic carbocycles. The lowest BCUT2D eigenvalue weighted by molar-refractivity contribution is 0.0985. The number of amides is 1. The van der Waals surface area contributed by atoms with Crippen LogP contribution in [0.2, 0.25) is 0 Å². The molecule has 6 nitrogen and oxygen atoms in total. The van der Waals surface area contributed by atoms with Gasteiger partial charge in [0.25, 0.3) is 5.91 Å². The fourth-order valence-electron chi connectivity index (χ4n) is 3.27. The molecule has 1 aromatic heterocycles. The average molecular weight is 426 g/mol. The van der Waals surface area contributed by atoms with Crippen LogP contribution < -0.4 is 14.4 Å². The van der Waals surface area contributed by atoms with Gasteiger partial charge in [0, 0.05) is 30.8 Å². The van der Waals surface area contributed by atoms with Gasteiger partial charge in [-0.15, -0.1) is 0 Å². The Kier molecular flexibility index (Phi) is 5.42. The smallest absolute Gasteiger partial charge is 0.260 e. The van der Waals surface area contributed by atoms with Gasteiger partial charge < -0.3 is 14.4 Å². The Morgan fingerprint density at radius 1 is 1.07 bits per heavy atom. The molecule has 7 heteroatoms. The van der Waals surface area contributed by atoms with E-state index in [4.69, 9.17) is 14.5 Å². The minimum atomic E-state index is -0.0450. The summed E-state index contributed by atoms with van der Waals surface area (Å²) in [6, 6.07) is 11.7. The van der Waals surface area contributed by atoms with E-state index < -0.39 is 0 Å². The van der Waals surface area contributed by atoms with E-state index in [2.05, 4.69) is 25.7 Å². The van der Waals surface area contributed by atoms with Gasteiger partial charge in [-0.3, -0.25) is 9.69 Å². The number of carbonyl (C=O) groups is 1. The van der Waals surface area contributed by atoms with Crippen LogP contribution >= 0.6 is 11.3 Å². The van der Waals surface area contributed by atoms with E-state index >= 15 is 0 Å². The van der Waals surface area contributed by atoms with E-state index in [1.807, 2.05) is 50.5 Å². The summed E-state index contributed by atoms with van der Waals surface area (Å²) in [5, 5.41) is 0.681. The molecule has 1 amide bonds. The van der Waals surface area contributed by atoms with Gasteiger partial charge in [0.05, 0.1) is 10.2 Å². The van der Waals surface area contributed by atoms with E-state index in [9.17, 15) is 4.79 Å². The van der Waals surface area contributed by atoms with Crippen molar-refractivity contribution in [1.82, 2.24) is 9.88 Å². The first kappa shape index (κ1) is 20.6. The fourth-order valence-corrected chi connectivity index (χ4v) is 4.27. The Morgan fingerprint density at radius 3 is 2.37 bits per heavy atom. The number of aromatic nitrogens is 1. The zero-order chi connectivity index (χ0) is 21.5. The van der Waals surface area contributed by atoms with Gasteiger partial charge in [0.1, 0.15) is 0 Å². The summed E-state index contributed by atoms with van der Waals surface area (Å²) in [5.41, 5.74) is 2.72. The molecule has 0 aliphatic carbocycles. The van der Waals surface area contributed by atoms with Crippen LogP contribution in [-0.2, 0) is 5.41 Å². The van der Waals surface area contributed by atoms with Crippen molar-refractivity contribution in [3.63, 3.8) is 0 Å². The van der Waals surface area contributed by atoms with Gasteiger partial charge in [-0.25, -0.2) is 4.98 Å². The number of carbonyl (C=O) groups excluding carboxylic acids is 1. The summed E-state index contributed by atoms with van der Waals surface area (Å²) < 4.78 is 11.9. The Balaban J connectivity index is 1.67. The largest absolute Gasteiger partial charge is 0.454 e. The summed E-state index contributed by atoms with van der Waals surface area (Å²) in [4.78, 5) is 22.0. The van der Waals surface area contributed by atoms with E-state index in [1.165, 1.54) is 16.9 Å². The van der Waals surface area contributed by atoms with Crippen molar-refractivity contribution < 1.29 is 14.3 Å². The quantitative estimate of drug-likeness (QED) is 0.601. The maximum absolute atomic E-state index is 13.4. The summed E-state index contributed by atoms with van der Waals surface area (Å²) in [6.45, 7) is 8.03. The van der Waals surface area contributed by atoms with Crippen molar-refractivity contribution in [2.24, 2.45) is 0 Å². The summed E-state index contributed by atoms with van der Waals surface area (Å²) in [7, 11) is 4.00. The number of hydrogen-bond donors (Lipinski definition) is 0. The third-order valence-corrected chi connectivity index (χ3v) is 6.16. The van der Waals surface area contributed by atoms with Crippen LogP contribution in [0.3, 0.4) is 0 Å². The number of thiazole rings is 1. The highest BCUT2D eigenvalue weighted by molar-refractivity contribution is 7.22. The van der Waals surface area contributed by atoms with Crippen LogP contribution in [0.1, 0.15) is 36.7 Å². The van der Waals surface area contributed by atoms with Gasteiger partial charge in [-0.05, 0) is 37.2 Å². The lowest BCUT2D eigenvalue weighted by Crippen LogP contribution is -2.36. The Hall–Kier alpha value is -2.64. The number of likely N-dealkylation sites (N-methyl/N-ethyl adjacent to an activating group) is 1. The second-order valence-corrected chi connectivity index (χ2v) is 9.77. The third-order valence-electron chi connectivity index (χ3n) is 5.12. The standard InChI is InChI=1S/C23H27N3O3S/c1-23(2,3)16-8-6-15(7-9-16)21(27)26(11-10-25(4)5)22-24-17-12-18-19(29-14-28-18)13-20(17)30-22/h6-9,12-13H,10-11,14H2,1-5H3. The van der Waals surface area contributed by atoms with Crippen LogP contribution in [0.25, 0.3) is 10.2 Å². The fraction of sp³-hybridized carbons (Fsp3) is 0.391. The molecule has 0 spiro atoms. The van der Waals surface area contributed by atoms with E-state index in [-0.39, 0.29) is 18.1 Å². The highest BCUT2D eigenvalue weighted by Gasteiger charge is 2.24. The number of nitrogens with zero attached hydrogens (tertiary/aromatic N) is 3. The monoisotopic (exact) mass is 425 g/mol. The molecule has 0 saturated heterocycles. The maximum atomic E-state index is 13.4. The first-order valence-electron chi connectivity index (χ1n) is 10.00. The van der Waals surface area contributed by atoms with Crippen molar-refractivity contribution in [2.75, 3.05) is 38.9 Å². The molecule has 0 radical (unpaired) electrons. The number of ether oxygens (including phenoxy) is 2. The topological polar surface area (TPSA) is 54.9 Å². The summed E-state index contributed by atoms with van der Waals surface area (Å²) in [6.07, 6.45) is 0. The number of benzene rings is 2. The lowest BCUT2D eigenvalue weighted by Gasteiger charge is -2.23. The highest BCUT2D eigenvalue weighted by atomic mass is 32.1. The molecule has 158 valence electrons. The van der Waals surface area contributed by atoms with Crippen molar-refractivity contribution in [3.8, 4) is 11.5 Å². The van der Waals surface area contributed by atoms with Crippen LogP contribution in [0, 0.1) is 0 Å². The molecule has 0 N–H and O–H groups in total. The average Bonchev–Trinajstić information content (AvgIpc) is 3.30. The van der Waals surface area contributed by atoms with Crippen LogP contribution in [0.15, 0.2) is 36.4 Å². The zero-order valence-electron chi connectivity index (χ0n) is 18.1. The Morgan fingerprint density at radius 2 is 1.73 bits per heavy atom. The van der Waals surface area contributed by atoms with Gasteiger partial charge in [0.2, 0.25) is 6.79 Å². The lowest BCUT2D eigenvalue weighted by atomic mass is 9.86. The first-order chi connectivity index (χ1) is 14.2. The molecule has 3 aromatic rings. The third kappa shape index (κ3) is 4.13. The van der Waals surface area contributed by atoms with Crippen molar-refractivity contribution >= 4 is 32.6 Å². The highest BCUT2D eigenvalue weighted by Crippen LogP contribution is 2.40. The van der Waals surface area contributed by atoms with Gasteiger partial charge in [-0.1, -0.05) is 44.2 Å². The predicted octanol–water partition coefficient (Wildman–Crippen LogP) is 4.53. The molecule has 2 heterocycles. The normalized spacial score (nSPS) is 13.3. The van der Waals surface area contributed by atoms with Crippen LogP contribution in [-0.4, -0.2) is 49.8 Å². The molecule has 1 aliphatic rings. The van der Waals surface area contributed by atoms with Crippen LogP contribution in [0.4, 0.5) is 5.13 Å². The molecule has 0 atom stereocenters. The van der Waals surface area contributed by atoms with Gasteiger partial charge >= 0.3 is 0 Å². The zero-order valence-corrected chi connectivity index (χ0v) is 18.9. The summed E-state index contributed by atoms with van der Waals surface area (Å²) in [5.74, 6) is 1.38. The molecule has 0 bridgehead atoms.